The van der Waals surface area contributed by atoms with Gasteiger partial charge in [-0.3, -0.25) is 0 Å². The summed E-state index contributed by atoms with van der Waals surface area (Å²) in [4.78, 5) is 0. The molecule has 1 heterocycles. The Morgan fingerprint density at radius 2 is 0.821 bits per heavy atom. The molecule has 1 saturated heterocycles. The monoisotopic (exact) mass is 466 g/mol. The Labute approximate surface area is 139 Å². The number of nitrogens with zero attached hydrogens (tertiary/aromatic N) is 2. The predicted molar refractivity (Wildman–Crippen MR) is 45.5 cm³/mol. The van der Waals surface area contributed by atoms with Crippen molar-refractivity contribution in [2.75, 3.05) is 0 Å². The maximum atomic E-state index is 13.5. The fourth-order valence-corrected chi connectivity index (χ4v) is 1.60. The molecule has 0 radical (unpaired) electrons. The van der Waals surface area contributed by atoms with Crippen LogP contribution in [0.15, 0.2) is 0 Å². The summed E-state index contributed by atoms with van der Waals surface area (Å²) in [5.74, 6) is -38.3. The lowest BCUT2D eigenvalue weighted by Crippen LogP contribution is -2.66. The van der Waals surface area contributed by atoms with Crippen LogP contribution in [0.4, 0.5) is 79.1 Å². The molecule has 0 N–H and O–H groups in total. The highest BCUT2D eigenvalue weighted by atomic mass is 19.4. The molecule has 1 aliphatic rings. The third-order valence-corrected chi connectivity index (χ3v) is 3.21. The van der Waals surface area contributed by atoms with E-state index < -0.39 is 58.2 Å². The average molecular weight is 466 g/mol. The highest BCUT2D eigenvalue weighted by Gasteiger charge is 2.99. The largest absolute Gasteiger partial charge is 0.460 e. The van der Waals surface area contributed by atoms with Crippen LogP contribution in [-0.4, -0.2) is 58.2 Å². The molecule has 28 heavy (non-hydrogen) atoms. The molecule has 1 fully saturated rings. The van der Waals surface area contributed by atoms with Gasteiger partial charge in [0.25, 0.3) is 0 Å². The summed E-state index contributed by atoms with van der Waals surface area (Å²) in [6, 6.07) is -7.72. The lowest BCUT2D eigenvalue weighted by Gasteiger charge is -2.34. The van der Waals surface area contributed by atoms with Crippen LogP contribution in [0.25, 0.3) is 0 Å². The Balaban J connectivity index is 3.52. The summed E-state index contributed by atoms with van der Waals surface area (Å²) in [6.07, 6.45) is -15.1. The molecular formula is C8F18N2. The highest BCUT2D eigenvalue weighted by molar-refractivity contribution is 5.13. The van der Waals surface area contributed by atoms with Crippen LogP contribution in [0, 0.1) is 0 Å². The van der Waals surface area contributed by atoms with Crippen LogP contribution in [0.3, 0.4) is 0 Å². The minimum Gasteiger partial charge on any atom is -0.195 e. The van der Waals surface area contributed by atoms with E-state index in [2.05, 4.69) is 0 Å². The molecule has 3 unspecified atom stereocenters. The van der Waals surface area contributed by atoms with Crippen molar-refractivity contribution in [3.63, 3.8) is 0 Å². The average Bonchev–Trinajstić information content (AvgIpc) is 3.00. The standard InChI is InChI=1S/C8F18N2/c9-1(10,5(17,18)19)3(13,14)7(23,24)27-8(25,28(27)26)4(15,16)2(11,12)6(20,21)22. The van der Waals surface area contributed by atoms with E-state index >= 15 is 0 Å². The number of hydrogen-bond donors (Lipinski definition) is 0. The number of halogens is 18. The van der Waals surface area contributed by atoms with Gasteiger partial charge in [0.05, 0.1) is 0 Å². The van der Waals surface area contributed by atoms with Crippen LogP contribution in [-0.2, 0) is 0 Å². The molecule has 3 atom stereocenters. The van der Waals surface area contributed by atoms with E-state index in [0.717, 1.165) is 0 Å². The maximum Gasteiger partial charge on any atom is 0.460 e. The van der Waals surface area contributed by atoms with Gasteiger partial charge in [-0.2, -0.15) is 74.6 Å². The van der Waals surface area contributed by atoms with Crippen LogP contribution < -0.4 is 0 Å². The summed E-state index contributed by atoms with van der Waals surface area (Å²) >= 11 is 0. The zero-order chi connectivity index (χ0) is 23.2. The van der Waals surface area contributed by atoms with E-state index in [1.807, 2.05) is 0 Å². The van der Waals surface area contributed by atoms with Crippen LogP contribution in [0.1, 0.15) is 0 Å². The van der Waals surface area contributed by atoms with Crippen molar-refractivity contribution in [2.45, 2.75) is 48.0 Å². The van der Waals surface area contributed by atoms with Crippen LogP contribution in [0.2, 0.25) is 0 Å². The minimum absolute atomic E-state index is 3.30. The van der Waals surface area contributed by atoms with Crippen molar-refractivity contribution in [1.29, 1.82) is 0 Å². The summed E-state index contributed by atoms with van der Waals surface area (Å²) in [6.45, 7) is 0. The van der Waals surface area contributed by atoms with Crippen molar-refractivity contribution in [1.82, 2.24) is 10.2 Å². The lowest BCUT2D eigenvalue weighted by molar-refractivity contribution is -0.423. The maximum absolute atomic E-state index is 13.5. The Hall–Kier alpha value is -1.34. The summed E-state index contributed by atoms with van der Waals surface area (Å²) < 4.78 is 226. The second-order valence-corrected chi connectivity index (χ2v) is 4.99. The van der Waals surface area contributed by atoms with Crippen molar-refractivity contribution >= 4 is 0 Å². The molecule has 0 aromatic heterocycles. The molecule has 1 rings (SSSR count). The van der Waals surface area contributed by atoms with Gasteiger partial charge < -0.3 is 0 Å². The minimum atomic E-state index is -8.03. The van der Waals surface area contributed by atoms with Gasteiger partial charge >= 0.3 is 48.0 Å². The van der Waals surface area contributed by atoms with Crippen LogP contribution >= 0.6 is 0 Å². The van der Waals surface area contributed by atoms with Gasteiger partial charge in [0.1, 0.15) is 0 Å². The fraction of sp³-hybridized carbons (Fsp3) is 1.00. The Morgan fingerprint density at radius 1 is 0.500 bits per heavy atom. The molecule has 20 heteroatoms. The number of hydrogen-bond acceptors (Lipinski definition) is 2. The van der Waals surface area contributed by atoms with E-state index in [-0.39, 0.29) is 0 Å². The molecule has 0 aromatic carbocycles. The lowest BCUT2D eigenvalue weighted by atomic mass is 10.1. The first-order valence-electron chi connectivity index (χ1n) is 5.75. The molecule has 0 amide bonds. The van der Waals surface area contributed by atoms with Gasteiger partial charge in [0.2, 0.25) is 0 Å². The molecule has 168 valence electrons. The summed E-state index contributed by atoms with van der Waals surface area (Å²) in [5.41, 5.74) is 0. The number of alkyl halides is 17. The fourth-order valence-electron chi connectivity index (χ4n) is 1.60. The normalized spacial score (nSPS) is 28.5. The van der Waals surface area contributed by atoms with Gasteiger partial charge in [0, 0.05) is 0 Å². The molecule has 0 bridgehead atoms. The molecular weight excluding hydrogens is 466 g/mol. The first kappa shape index (κ1) is 24.7. The topological polar surface area (TPSA) is 6.02 Å². The number of rotatable bonds is 5. The van der Waals surface area contributed by atoms with E-state index in [9.17, 15) is 79.1 Å². The third-order valence-electron chi connectivity index (χ3n) is 3.21. The first-order chi connectivity index (χ1) is 11.8. The predicted octanol–water partition coefficient (Wildman–Crippen LogP) is 5.29. The van der Waals surface area contributed by atoms with Crippen LogP contribution in [0.5, 0.6) is 0 Å². The Morgan fingerprint density at radius 3 is 1.11 bits per heavy atom. The zero-order valence-electron chi connectivity index (χ0n) is 11.7. The van der Waals surface area contributed by atoms with Gasteiger partial charge in [-0.1, -0.05) is 5.01 Å². The van der Waals surface area contributed by atoms with Crippen molar-refractivity contribution < 1.29 is 79.1 Å². The molecule has 0 aromatic rings. The van der Waals surface area contributed by atoms with Gasteiger partial charge in [-0.15, -0.1) is 4.48 Å². The van der Waals surface area contributed by atoms with E-state index in [1.54, 1.807) is 0 Å². The molecule has 0 saturated carbocycles. The Bertz CT molecular complexity index is 571. The summed E-state index contributed by atoms with van der Waals surface area (Å²) in [5, 5.41) is -6.73. The molecule has 0 spiro atoms. The van der Waals surface area contributed by atoms with E-state index in [1.165, 1.54) is 0 Å². The van der Waals surface area contributed by atoms with Gasteiger partial charge in [0.15, 0.2) is 0 Å². The van der Waals surface area contributed by atoms with E-state index in [0.29, 0.717) is 0 Å². The first-order valence-corrected chi connectivity index (χ1v) is 5.75. The van der Waals surface area contributed by atoms with E-state index in [4.69, 9.17) is 0 Å². The highest BCUT2D eigenvalue weighted by Crippen LogP contribution is 2.67. The third kappa shape index (κ3) is 2.61. The molecule has 1 aliphatic heterocycles. The smallest absolute Gasteiger partial charge is 0.195 e. The second-order valence-electron chi connectivity index (χ2n) is 4.99. The zero-order valence-corrected chi connectivity index (χ0v) is 11.7. The summed E-state index contributed by atoms with van der Waals surface area (Å²) in [7, 11) is 0. The van der Waals surface area contributed by atoms with Crippen molar-refractivity contribution in [3.8, 4) is 0 Å². The molecule has 0 aliphatic carbocycles. The Kier molecular flexibility index (Phi) is 4.96. The number of hydrazine groups is 1. The quantitative estimate of drug-likeness (QED) is 0.235. The second kappa shape index (κ2) is 5.63. The molecule has 2 nitrogen and oxygen atoms in total. The SMILES string of the molecule is FN1N(C(F)(F)C(F)(F)C(F)(F)C(F)(F)F)C1(F)C(F)(F)C(F)(F)C(F)(F)F. The van der Waals surface area contributed by atoms with Crippen molar-refractivity contribution in [3.05, 3.63) is 0 Å². The van der Waals surface area contributed by atoms with Gasteiger partial charge in [-0.25, -0.2) is 0 Å². The van der Waals surface area contributed by atoms with Gasteiger partial charge in [-0.05, 0) is 5.23 Å². The van der Waals surface area contributed by atoms with Crippen molar-refractivity contribution in [2.24, 2.45) is 0 Å².